The summed E-state index contributed by atoms with van der Waals surface area (Å²) >= 11 is 1.97. The molecule has 0 fully saturated rings. The van der Waals surface area contributed by atoms with Crippen molar-refractivity contribution in [1.29, 1.82) is 0 Å². The molecule has 2 heteroatoms. The predicted molar refractivity (Wildman–Crippen MR) is 74.3 cm³/mol. The van der Waals surface area contributed by atoms with Gasteiger partial charge in [0.05, 0.1) is 0 Å². The van der Waals surface area contributed by atoms with Crippen molar-refractivity contribution in [3.8, 4) is 0 Å². The molecule has 1 aromatic carbocycles. The van der Waals surface area contributed by atoms with Crippen molar-refractivity contribution in [3.05, 3.63) is 29.8 Å². The van der Waals surface area contributed by atoms with Crippen LogP contribution in [0.1, 0.15) is 32.8 Å². The van der Waals surface area contributed by atoms with E-state index in [1.54, 1.807) is 0 Å². The highest BCUT2D eigenvalue weighted by Gasteiger charge is 2.08. The molecular formula is C14H23NS. The van der Waals surface area contributed by atoms with Crippen LogP contribution in [-0.2, 0) is 0 Å². The summed E-state index contributed by atoms with van der Waals surface area (Å²) in [6.07, 6.45) is 1.21. The van der Waals surface area contributed by atoms with Crippen molar-refractivity contribution in [3.63, 3.8) is 0 Å². The van der Waals surface area contributed by atoms with Crippen LogP contribution in [0.2, 0.25) is 0 Å². The second-order valence-electron chi connectivity index (χ2n) is 4.44. The van der Waals surface area contributed by atoms with Gasteiger partial charge in [-0.1, -0.05) is 31.5 Å². The SMILES string of the molecule is CCNC(C)CC(C)Sc1ccc(C)cc1. The van der Waals surface area contributed by atoms with Crippen LogP contribution in [0, 0.1) is 6.92 Å². The Labute approximate surface area is 104 Å². The molecule has 1 N–H and O–H groups in total. The minimum absolute atomic E-state index is 0.609. The smallest absolute Gasteiger partial charge is 0.00807 e. The van der Waals surface area contributed by atoms with E-state index in [9.17, 15) is 0 Å². The van der Waals surface area contributed by atoms with E-state index in [2.05, 4.69) is 57.3 Å². The standard InChI is InChI=1S/C14H23NS/c1-5-15-12(3)10-13(4)16-14-8-6-11(2)7-9-14/h6-9,12-13,15H,5,10H2,1-4H3. The normalized spacial score (nSPS) is 14.8. The Morgan fingerprint density at radius 2 is 1.81 bits per heavy atom. The molecule has 16 heavy (non-hydrogen) atoms. The summed E-state index contributed by atoms with van der Waals surface area (Å²) < 4.78 is 0. The lowest BCUT2D eigenvalue weighted by molar-refractivity contribution is 0.530. The Hall–Kier alpha value is -0.470. The number of hydrogen-bond acceptors (Lipinski definition) is 2. The Kier molecular flexibility index (Phi) is 5.93. The van der Waals surface area contributed by atoms with Crippen LogP contribution < -0.4 is 5.32 Å². The number of rotatable bonds is 6. The van der Waals surface area contributed by atoms with Crippen molar-refractivity contribution in [1.82, 2.24) is 5.32 Å². The number of thioether (sulfide) groups is 1. The molecule has 0 saturated heterocycles. The molecule has 0 aliphatic rings. The van der Waals surface area contributed by atoms with E-state index in [0.717, 1.165) is 6.54 Å². The van der Waals surface area contributed by atoms with Crippen molar-refractivity contribution < 1.29 is 0 Å². The highest BCUT2D eigenvalue weighted by atomic mass is 32.2. The summed E-state index contributed by atoms with van der Waals surface area (Å²) in [5.74, 6) is 0. The highest BCUT2D eigenvalue weighted by Crippen LogP contribution is 2.26. The Balaban J connectivity index is 2.39. The van der Waals surface area contributed by atoms with E-state index in [0.29, 0.717) is 11.3 Å². The number of hydrogen-bond donors (Lipinski definition) is 1. The van der Waals surface area contributed by atoms with Crippen molar-refractivity contribution in [2.75, 3.05) is 6.54 Å². The summed E-state index contributed by atoms with van der Waals surface area (Å²) in [7, 11) is 0. The van der Waals surface area contributed by atoms with Crippen LogP contribution in [0.25, 0.3) is 0 Å². The largest absolute Gasteiger partial charge is 0.314 e. The van der Waals surface area contributed by atoms with Gasteiger partial charge in [-0.15, -0.1) is 11.8 Å². The van der Waals surface area contributed by atoms with Gasteiger partial charge in [0.2, 0.25) is 0 Å². The molecule has 0 heterocycles. The zero-order chi connectivity index (χ0) is 12.0. The van der Waals surface area contributed by atoms with Gasteiger partial charge in [-0.3, -0.25) is 0 Å². The Morgan fingerprint density at radius 1 is 1.19 bits per heavy atom. The fourth-order valence-corrected chi connectivity index (χ4v) is 2.97. The molecule has 90 valence electrons. The molecular weight excluding hydrogens is 214 g/mol. The summed E-state index contributed by atoms with van der Waals surface area (Å²) in [4.78, 5) is 1.38. The van der Waals surface area contributed by atoms with Crippen molar-refractivity contribution >= 4 is 11.8 Å². The number of aryl methyl sites for hydroxylation is 1. The maximum absolute atomic E-state index is 3.46. The second kappa shape index (κ2) is 6.97. The van der Waals surface area contributed by atoms with Gasteiger partial charge in [-0.2, -0.15) is 0 Å². The monoisotopic (exact) mass is 237 g/mol. The van der Waals surface area contributed by atoms with E-state index in [-0.39, 0.29) is 0 Å². The van der Waals surface area contributed by atoms with Crippen LogP contribution in [0.3, 0.4) is 0 Å². The van der Waals surface area contributed by atoms with Crippen LogP contribution in [0.4, 0.5) is 0 Å². The quantitative estimate of drug-likeness (QED) is 0.754. The van der Waals surface area contributed by atoms with Gasteiger partial charge in [0.25, 0.3) is 0 Å². The third-order valence-electron chi connectivity index (χ3n) is 2.60. The molecule has 0 spiro atoms. The first kappa shape index (κ1) is 13.6. The highest BCUT2D eigenvalue weighted by molar-refractivity contribution is 7.99. The lowest BCUT2D eigenvalue weighted by atomic mass is 10.2. The van der Waals surface area contributed by atoms with Gasteiger partial charge < -0.3 is 5.32 Å². The fourth-order valence-electron chi connectivity index (χ4n) is 1.83. The van der Waals surface area contributed by atoms with Gasteiger partial charge in [0.1, 0.15) is 0 Å². The maximum atomic E-state index is 3.46. The molecule has 0 radical (unpaired) electrons. The third kappa shape index (κ3) is 5.04. The molecule has 0 bridgehead atoms. The molecule has 1 nitrogen and oxygen atoms in total. The molecule has 0 aliphatic carbocycles. The second-order valence-corrected chi connectivity index (χ2v) is 5.95. The third-order valence-corrected chi connectivity index (χ3v) is 3.74. The average Bonchev–Trinajstić information content (AvgIpc) is 2.21. The first-order valence-corrected chi connectivity index (χ1v) is 6.96. The lowest BCUT2D eigenvalue weighted by Gasteiger charge is -2.17. The molecule has 0 aromatic heterocycles. The van der Waals surface area contributed by atoms with Gasteiger partial charge in [-0.05, 0) is 38.9 Å². The zero-order valence-corrected chi connectivity index (χ0v) is 11.6. The topological polar surface area (TPSA) is 12.0 Å². The zero-order valence-electron chi connectivity index (χ0n) is 10.8. The van der Waals surface area contributed by atoms with E-state index >= 15 is 0 Å². The Bertz CT molecular complexity index is 294. The molecule has 0 amide bonds. The molecule has 0 aliphatic heterocycles. The van der Waals surface area contributed by atoms with E-state index in [4.69, 9.17) is 0 Å². The van der Waals surface area contributed by atoms with E-state index in [1.165, 1.54) is 16.9 Å². The Morgan fingerprint density at radius 3 is 2.38 bits per heavy atom. The van der Waals surface area contributed by atoms with E-state index in [1.807, 2.05) is 11.8 Å². The summed E-state index contributed by atoms with van der Waals surface area (Å²) in [5.41, 5.74) is 1.33. The van der Waals surface area contributed by atoms with Crippen molar-refractivity contribution in [2.24, 2.45) is 0 Å². The van der Waals surface area contributed by atoms with Gasteiger partial charge in [0.15, 0.2) is 0 Å². The van der Waals surface area contributed by atoms with Gasteiger partial charge in [-0.25, -0.2) is 0 Å². The molecule has 2 unspecified atom stereocenters. The number of benzene rings is 1. The van der Waals surface area contributed by atoms with Crippen LogP contribution in [0.15, 0.2) is 29.2 Å². The van der Waals surface area contributed by atoms with Crippen LogP contribution in [-0.4, -0.2) is 17.8 Å². The first-order valence-electron chi connectivity index (χ1n) is 6.08. The molecule has 2 atom stereocenters. The van der Waals surface area contributed by atoms with Crippen LogP contribution >= 0.6 is 11.8 Å². The maximum Gasteiger partial charge on any atom is 0.00807 e. The van der Waals surface area contributed by atoms with E-state index < -0.39 is 0 Å². The number of nitrogens with one attached hydrogen (secondary N) is 1. The molecule has 0 saturated carbocycles. The minimum Gasteiger partial charge on any atom is -0.314 e. The summed E-state index contributed by atoms with van der Waals surface area (Å²) in [6.45, 7) is 9.91. The predicted octanol–water partition coefficient (Wildman–Crippen LogP) is 3.86. The molecule has 1 rings (SSSR count). The van der Waals surface area contributed by atoms with Crippen molar-refractivity contribution in [2.45, 2.75) is 50.3 Å². The lowest BCUT2D eigenvalue weighted by Crippen LogP contribution is -2.28. The van der Waals surface area contributed by atoms with Gasteiger partial charge in [0, 0.05) is 16.2 Å². The average molecular weight is 237 g/mol. The molecule has 1 aromatic rings. The van der Waals surface area contributed by atoms with Gasteiger partial charge >= 0.3 is 0 Å². The first-order chi connectivity index (χ1) is 7.61. The summed E-state index contributed by atoms with van der Waals surface area (Å²) in [5, 5.41) is 4.12. The summed E-state index contributed by atoms with van der Waals surface area (Å²) in [6, 6.07) is 9.41. The van der Waals surface area contributed by atoms with Crippen LogP contribution in [0.5, 0.6) is 0 Å². The minimum atomic E-state index is 0.609. The fraction of sp³-hybridized carbons (Fsp3) is 0.571.